The van der Waals surface area contributed by atoms with Crippen molar-refractivity contribution in [3.05, 3.63) is 53.5 Å². The van der Waals surface area contributed by atoms with E-state index in [1.165, 1.54) is 16.0 Å². The van der Waals surface area contributed by atoms with E-state index < -0.39 is 0 Å². The standard InChI is InChI=1S/C13H15NOS/c1-10-13(6-7-15-10)16-9-12-5-3-2-4-11(12)8-14/h2-7H,8-9,14H2,1H3. The minimum atomic E-state index is 0.598. The van der Waals surface area contributed by atoms with Gasteiger partial charge in [0.2, 0.25) is 0 Å². The molecule has 0 unspecified atom stereocenters. The third-order valence-electron chi connectivity index (χ3n) is 2.53. The van der Waals surface area contributed by atoms with Gasteiger partial charge in [-0.1, -0.05) is 24.3 Å². The van der Waals surface area contributed by atoms with Crippen LogP contribution in [0.25, 0.3) is 0 Å². The molecule has 1 aromatic heterocycles. The van der Waals surface area contributed by atoms with E-state index in [-0.39, 0.29) is 0 Å². The molecule has 2 rings (SSSR count). The molecular formula is C13H15NOS. The van der Waals surface area contributed by atoms with Crippen LogP contribution in [0, 0.1) is 6.92 Å². The predicted molar refractivity (Wildman–Crippen MR) is 67.3 cm³/mol. The molecule has 2 N–H and O–H groups in total. The van der Waals surface area contributed by atoms with Crippen molar-refractivity contribution in [1.29, 1.82) is 0 Å². The highest BCUT2D eigenvalue weighted by Crippen LogP contribution is 2.27. The number of hydrogen-bond donors (Lipinski definition) is 1. The van der Waals surface area contributed by atoms with Gasteiger partial charge in [0.1, 0.15) is 5.76 Å². The molecule has 3 heteroatoms. The van der Waals surface area contributed by atoms with Gasteiger partial charge in [0.15, 0.2) is 0 Å². The number of hydrogen-bond acceptors (Lipinski definition) is 3. The number of furan rings is 1. The topological polar surface area (TPSA) is 39.2 Å². The molecule has 1 heterocycles. The van der Waals surface area contributed by atoms with Crippen molar-refractivity contribution in [2.24, 2.45) is 5.73 Å². The SMILES string of the molecule is Cc1occc1SCc1ccccc1CN. The molecule has 0 amide bonds. The largest absolute Gasteiger partial charge is 0.468 e. The minimum Gasteiger partial charge on any atom is -0.468 e. The lowest BCUT2D eigenvalue weighted by Gasteiger charge is -2.06. The van der Waals surface area contributed by atoms with Crippen LogP contribution in [-0.2, 0) is 12.3 Å². The predicted octanol–water partition coefficient (Wildman–Crippen LogP) is 3.34. The average Bonchev–Trinajstić information content (AvgIpc) is 2.72. The van der Waals surface area contributed by atoms with E-state index in [1.807, 2.05) is 19.1 Å². The summed E-state index contributed by atoms with van der Waals surface area (Å²) in [6.45, 7) is 2.58. The van der Waals surface area contributed by atoms with Gasteiger partial charge >= 0.3 is 0 Å². The maximum absolute atomic E-state index is 5.70. The zero-order chi connectivity index (χ0) is 11.4. The second-order valence-corrected chi connectivity index (χ2v) is 4.62. The van der Waals surface area contributed by atoms with Gasteiger partial charge in [-0.15, -0.1) is 11.8 Å². The maximum atomic E-state index is 5.70. The molecule has 0 bridgehead atoms. The highest BCUT2D eigenvalue weighted by Gasteiger charge is 2.04. The number of benzene rings is 1. The lowest BCUT2D eigenvalue weighted by atomic mass is 10.1. The monoisotopic (exact) mass is 233 g/mol. The van der Waals surface area contributed by atoms with E-state index in [0.29, 0.717) is 6.54 Å². The lowest BCUT2D eigenvalue weighted by molar-refractivity contribution is 0.527. The molecule has 0 aliphatic heterocycles. The first-order valence-electron chi connectivity index (χ1n) is 5.25. The van der Waals surface area contributed by atoms with Crippen LogP contribution in [0.1, 0.15) is 16.9 Å². The van der Waals surface area contributed by atoms with Gasteiger partial charge in [-0.2, -0.15) is 0 Å². The fraction of sp³-hybridized carbons (Fsp3) is 0.231. The van der Waals surface area contributed by atoms with Gasteiger partial charge in [0, 0.05) is 17.2 Å². The summed E-state index contributed by atoms with van der Waals surface area (Å²) in [6.07, 6.45) is 1.73. The van der Waals surface area contributed by atoms with Gasteiger partial charge in [0.05, 0.1) is 6.26 Å². The number of thioether (sulfide) groups is 1. The van der Waals surface area contributed by atoms with Crippen molar-refractivity contribution < 1.29 is 4.42 Å². The molecule has 0 saturated carbocycles. The molecule has 0 spiro atoms. The first kappa shape index (κ1) is 11.3. The molecule has 2 aromatic rings. The smallest absolute Gasteiger partial charge is 0.114 e. The minimum absolute atomic E-state index is 0.598. The quantitative estimate of drug-likeness (QED) is 0.823. The van der Waals surface area contributed by atoms with Crippen LogP contribution in [0.2, 0.25) is 0 Å². The molecule has 0 fully saturated rings. The molecule has 0 aliphatic rings. The van der Waals surface area contributed by atoms with Crippen molar-refractivity contribution in [3.8, 4) is 0 Å². The summed E-state index contributed by atoms with van der Waals surface area (Å²) >= 11 is 1.79. The Morgan fingerprint density at radius 3 is 2.56 bits per heavy atom. The molecule has 16 heavy (non-hydrogen) atoms. The fourth-order valence-corrected chi connectivity index (χ4v) is 2.57. The Kier molecular flexibility index (Phi) is 3.70. The highest BCUT2D eigenvalue weighted by molar-refractivity contribution is 7.98. The Hall–Kier alpha value is -1.19. The summed E-state index contributed by atoms with van der Waals surface area (Å²) in [6, 6.07) is 10.3. The Morgan fingerprint density at radius 2 is 1.94 bits per heavy atom. The van der Waals surface area contributed by atoms with E-state index in [1.54, 1.807) is 18.0 Å². The summed E-state index contributed by atoms with van der Waals surface area (Å²) in [7, 11) is 0. The van der Waals surface area contributed by atoms with E-state index in [2.05, 4.69) is 18.2 Å². The molecule has 1 aromatic carbocycles. The molecule has 0 radical (unpaired) electrons. The molecular weight excluding hydrogens is 218 g/mol. The third-order valence-corrected chi connectivity index (χ3v) is 3.72. The molecule has 0 aliphatic carbocycles. The highest BCUT2D eigenvalue weighted by atomic mass is 32.2. The molecule has 84 valence electrons. The lowest BCUT2D eigenvalue weighted by Crippen LogP contribution is -2.00. The summed E-state index contributed by atoms with van der Waals surface area (Å²) < 4.78 is 5.26. The Balaban J connectivity index is 2.07. The van der Waals surface area contributed by atoms with Crippen LogP contribution >= 0.6 is 11.8 Å². The number of rotatable bonds is 4. The first-order chi connectivity index (χ1) is 7.81. The summed E-state index contributed by atoms with van der Waals surface area (Å²) in [5.74, 6) is 1.92. The van der Waals surface area contributed by atoms with Crippen molar-refractivity contribution in [3.63, 3.8) is 0 Å². The van der Waals surface area contributed by atoms with E-state index in [9.17, 15) is 0 Å². The Bertz CT molecular complexity index is 464. The van der Waals surface area contributed by atoms with E-state index in [4.69, 9.17) is 10.2 Å². The van der Waals surface area contributed by atoms with Crippen LogP contribution in [0.4, 0.5) is 0 Å². The van der Waals surface area contributed by atoms with Crippen LogP contribution in [-0.4, -0.2) is 0 Å². The van der Waals surface area contributed by atoms with Crippen LogP contribution in [0.5, 0.6) is 0 Å². The average molecular weight is 233 g/mol. The zero-order valence-corrected chi connectivity index (χ0v) is 10.1. The zero-order valence-electron chi connectivity index (χ0n) is 9.27. The number of aryl methyl sites for hydroxylation is 1. The first-order valence-corrected chi connectivity index (χ1v) is 6.23. The Labute approximate surface area is 99.8 Å². The molecule has 2 nitrogen and oxygen atoms in total. The van der Waals surface area contributed by atoms with Crippen LogP contribution in [0.15, 0.2) is 45.9 Å². The van der Waals surface area contributed by atoms with Gasteiger partial charge in [-0.05, 0) is 24.1 Å². The molecule has 0 saturated heterocycles. The van der Waals surface area contributed by atoms with Crippen molar-refractivity contribution >= 4 is 11.8 Å². The summed E-state index contributed by atoms with van der Waals surface area (Å²) in [5, 5.41) is 0. The van der Waals surface area contributed by atoms with Crippen molar-refractivity contribution in [2.45, 2.75) is 24.1 Å². The van der Waals surface area contributed by atoms with Crippen molar-refractivity contribution in [1.82, 2.24) is 0 Å². The van der Waals surface area contributed by atoms with Gasteiger partial charge in [-0.3, -0.25) is 0 Å². The second-order valence-electron chi connectivity index (χ2n) is 3.60. The van der Waals surface area contributed by atoms with Crippen LogP contribution in [0.3, 0.4) is 0 Å². The summed E-state index contributed by atoms with van der Waals surface area (Å²) in [5.41, 5.74) is 8.22. The van der Waals surface area contributed by atoms with E-state index in [0.717, 1.165) is 11.5 Å². The maximum Gasteiger partial charge on any atom is 0.114 e. The number of nitrogens with two attached hydrogens (primary N) is 1. The fourth-order valence-electron chi connectivity index (χ4n) is 1.58. The second kappa shape index (κ2) is 5.23. The van der Waals surface area contributed by atoms with E-state index >= 15 is 0 Å². The van der Waals surface area contributed by atoms with Gasteiger partial charge in [-0.25, -0.2) is 0 Å². The van der Waals surface area contributed by atoms with Gasteiger partial charge < -0.3 is 10.2 Å². The van der Waals surface area contributed by atoms with Gasteiger partial charge in [0.25, 0.3) is 0 Å². The summed E-state index contributed by atoms with van der Waals surface area (Å²) in [4.78, 5) is 1.20. The van der Waals surface area contributed by atoms with Crippen LogP contribution < -0.4 is 5.73 Å². The normalized spacial score (nSPS) is 10.6. The third kappa shape index (κ3) is 2.49. The molecule has 0 atom stereocenters. The van der Waals surface area contributed by atoms with Crippen molar-refractivity contribution in [2.75, 3.05) is 0 Å². The Morgan fingerprint density at radius 1 is 1.19 bits per heavy atom.